The summed E-state index contributed by atoms with van der Waals surface area (Å²) in [6.07, 6.45) is 0. The van der Waals surface area contributed by atoms with Crippen LogP contribution in [0.3, 0.4) is 0 Å². The Balaban J connectivity index is 2.15. The molecule has 0 spiro atoms. The van der Waals surface area contributed by atoms with E-state index in [2.05, 4.69) is 4.98 Å². The van der Waals surface area contributed by atoms with E-state index in [0.29, 0.717) is 11.1 Å². The van der Waals surface area contributed by atoms with Gasteiger partial charge in [0.25, 0.3) is 0 Å². The molecule has 2 aromatic carbocycles. The molecule has 0 aliphatic heterocycles. The van der Waals surface area contributed by atoms with E-state index in [1.165, 1.54) is 0 Å². The highest BCUT2D eigenvalue weighted by Gasteiger charge is 2.04. The topological polar surface area (TPSA) is 55.2 Å². The molecule has 0 saturated heterocycles. The second-order valence-corrected chi connectivity index (χ2v) is 3.96. The van der Waals surface area contributed by atoms with Gasteiger partial charge in [0.15, 0.2) is 5.58 Å². The number of benzene rings is 2. The summed E-state index contributed by atoms with van der Waals surface area (Å²) < 4.78 is 10.2. The number of rotatable bonds is 2. The maximum absolute atomic E-state index is 11.1. The van der Waals surface area contributed by atoms with E-state index >= 15 is 0 Å². The fraction of sp³-hybridized carbons (Fsp3) is 0.0714. The average Bonchev–Trinajstić information content (AvgIpc) is 2.77. The number of hydrogen-bond donors (Lipinski definition) is 1. The van der Waals surface area contributed by atoms with Crippen molar-refractivity contribution in [1.29, 1.82) is 0 Å². The second kappa shape index (κ2) is 4.07. The SMILES string of the molecule is COc1cccc(-c2ccc3[nH]c(=O)oc3c2)c1. The predicted molar refractivity (Wildman–Crippen MR) is 68.8 cm³/mol. The smallest absolute Gasteiger partial charge is 0.417 e. The standard InChI is InChI=1S/C14H11NO3/c1-17-11-4-2-3-9(7-11)10-5-6-12-13(8-10)18-14(16)15-12/h2-8H,1H3,(H,15,16). The molecular weight excluding hydrogens is 230 g/mol. The highest BCUT2D eigenvalue weighted by Crippen LogP contribution is 2.26. The third kappa shape index (κ3) is 1.78. The Hall–Kier alpha value is -2.49. The number of aromatic nitrogens is 1. The Labute approximate surface area is 103 Å². The zero-order valence-electron chi connectivity index (χ0n) is 9.77. The highest BCUT2D eigenvalue weighted by molar-refractivity contribution is 5.80. The lowest BCUT2D eigenvalue weighted by Crippen LogP contribution is -1.92. The Bertz CT molecular complexity index is 755. The summed E-state index contributed by atoms with van der Waals surface area (Å²) in [5.41, 5.74) is 3.25. The number of nitrogens with one attached hydrogen (secondary N) is 1. The first-order valence-corrected chi connectivity index (χ1v) is 5.53. The molecule has 0 atom stereocenters. The molecule has 18 heavy (non-hydrogen) atoms. The first-order valence-electron chi connectivity index (χ1n) is 5.53. The molecule has 0 unspecified atom stereocenters. The lowest BCUT2D eigenvalue weighted by molar-refractivity contribution is 0.415. The summed E-state index contributed by atoms with van der Waals surface area (Å²) in [6.45, 7) is 0. The molecule has 0 aliphatic rings. The van der Waals surface area contributed by atoms with Crippen molar-refractivity contribution < 1.29 is 9.15 Å². The van der Waals surface area contributed by atoms with Crippen LogP contribution in [-0.4, -0.2) is 12.1 Å². The van der Waals surface area contributed by atoms with Gasteiger partial charge in [-0.15, -0.1) is 0 Å². The third-order valence-corrected chi connectivity index (χ3v) is 2.82. The van der Waals surface area contributed by atoms with Crippen LogP contribution in [0.1, 0.15) is 0 Å². The van der Waals surface area contributed by atoms with Crippen LogP contribution in [0.15, 0.2) is 51.7 Å². The first-order chi connectivity index (χ1) is 8.76. The maximum Gasteiger partial charge on any atom is 0.417 e. The molecule has 0 bridgehead atoms. The highest BCUT2D eigenvalue weighted by atomic mass is 16.5. The van der Waals surface area contributed by atoms with Gasteiger partial charge in [-0.1, -0.05) is 18.2 Å². The number of fused-ring (bicyclic) bond motifs is 1. The fourth-order valence-electron chi connectivity index (χ4n) is 1.93. The quantitative estimate of drug-likeness (QED) is 0.750. The Kier molecular flexibility index (Phi) is 2.41. The van der Waals surface area contributed by atoms with Crippen molar-refractivity contribution in [1.82, 2.24) is 4.98 Å². The van der Waals surface area contributed by atoms with Gasteiger partial charge in [-0.05, 0) is 35.4 Å². The van der Waals surface area contributed by atoms with E-state index < -0.39 is 5.76 Å². The lowest BCUT2D eigenvalue weighted by atomic mass is 10.1. The fourth-order valence-corrected chi connectivity index (χ4v) is 1.93. The number of aromatic amines is 1. The largest absolute Gasteiger partial charge is 0.497 e. The Morgan fingerprint density at radius 3 is 2.78 bits per heavy atom. The van der Waals surface area contributed by atoms with Crippen LogP contribution in [0, 0.1) is 0 Å². The minimum Gasteiger partial charge on any atom is -0.497 e. The molecule has 0 fully saturated rings. The van der Waals surface area contributed by atoms with Gasteiger partial charge in [0, 0.05) is 0 Å². The summed E-state index contributed by atoms with van der Waals surface area (Å²) in [4.78, 5) is 13.7. The van der Waals surface area contributed by atoms with Crippen molar-refractivity contribution >= 4 is 11.1 Å². The summed E-state index contributed by atoms with van der Waals surface area (Å²) >= 11 is 0. The Morgan fingerprint density at radius 2 is 1.94 bits per heavy atom. The number of H-pyrrole nitrogens is 1. The van der Waals surface area contributed by atoms with Gasteiger partial charge in [0.1, 0.15) is 5.75 Å². The van der Waals surface area contributed by atoms with Crippen molar-refractivity contribution in [2.24, 2.45) is 0 Å². The van der Waals surface area contributed by atoms with Crippen molar-refractivity contribution in [3.63, 3.8) is 0 Å². The molecule has 0 radical (unpaired) electrons. The number of hydrogen-bond acceptors (Lipinski definition) is 3. The monoisotopic (exact) mass is 241 g/mol. The van der Waals surface area contributed by atoms with Gasteiger partial charge in [0.05, 0.1) is 12.6 Å². The van der Waals surface area contributed by atoms with Crippen molar-refractivity contribution in [2.75, 3.05) is 7.11 Å². The van der Waals surface area contributed by atoms with Crippen LogP contribution < -0.4 is 10.5 Å². The zero-order chi connectivity index (χ0) is 12.5. The average molecular weight is 241 g/mol. The molecular formula is C14H11NO3. The van der Waals surface area contributed by atoms with Gasteiger partial charge < -0.3 is 9.15 Å². The van der Waals surface area contributed by atoms with E-state index in [1.54, 1.807) is 7.11 Å². The molecule has 1 aromatic heterocycles. The summed E-state index contributed by atoms with van der Waals surface area (Å²) in [5, 5.41) is 0. The maximum atomic E-state index is 11.1. The van der Waals surface area contributed by atoms with Crippen LogP contribution in [0.4, 0.5) is 0 Å². The predicted octanol–water partition coefficient (Wildman–Crippen LogP) is 2.80. The summed E-state index contributed by atoms with van der Waals surface area (Å²) in [6, 6.07) is 13.3. The first kappa shape index (κ1) is 10.7. The molecule has 4 heteroatoms. The Morgan fingerprint density at radius 1 is 1.11 bits per heavy atom. The van der Waals surface area contributed by atoms with Gasteiger partial charge >= 0.3 is 5.76 Å². The van der Waals surface area contributed by atoms with Gasteiger partial charge in [0.2, 0.25) is 0 Å². The molecule has 1 N–H and O–H groups in total. The van der Waals surface area contributed by atoms with E-state index in [0.717, 1.165) is 16.9 Å². The third-order valence-electron chi connectivity index (χ3n) is 2.82. The number of methoxy groups -OCH3 is 1. The van der Waals surface area contributed by atoms with Crippen molar-refractivity contribution in [3.05, 3.63) is 53.0 Å². The zero-order valence-corrected chi connectivity index (χ0v) is 9.77. The van der Waals surface area contributed by atoms with E-state index in [4.69, 9.17) is 9.15 Å². The van der Waals surface area contributed by atoms with Crippen LogP contribution in [0.25, 0.3) is 22.2 Å². The van der Waals surface area contributed by atoms with Crippen LogP contribution >= 0.6 is 0 Å². The molecule has 0 aliphatic carbocycles. The molecule has 4 nitrogen and oxygen atoms in total. The molecule has 0 saturated carbocycles. The van der Waals surface area contributed by atoms with E-state index in [9.17, 15) is 4.79 Å². The van der Waals surface area contributed by atoms with Crippen LogP contribution in [0.5, 0.6) is 5.75 Å². The van der Waals surface area contributed by atoms with Crippen LogP contribution in [-0.2, 0) is 0 Å². The van der Waals surface area contributed by atoms with Gasteiger partial charge in [-0.25, -0.2) is 4.79 Å². The van der Waals surface area contributed by atoms with Crippen molar-refractivity contribution in [3.8, 4) is 16.9 Å². The normalized spacial score (nSPS) is 10.7. The minimum atomic E-state index is -0.437. The summed E-state index contributed by atoms with van der Waals surface area (Å²) in [7, 11) is 1.63. The van der Waals surface area contributed by atoms with Gasteiger partial charge in [-0.2, -0.15) is 0 Å². The lowest BCUT2D eigenvalue weighted by Gasteiger charge is -2.04. The summed E-state index contributed by atoms with van der Waals surface area (Å²) in [5.74, 6) is 0.357. The minimum absolute atomic E-state index is 0.437. The second-order valence-electron chi connectivity index (χ2n) is 3.96. The number of oxazole rings is 1. The molecule has 3 aromatic rings. The van der Waals surface area contributed by atoms with E-state index in [1.807, 2.05) is 42.5 Å². The molecule has 3 rings (SSSR count). The molecule has 0 amide bonds. The van der Waals surface area contributed by atoms with E-state index in [-0.39, 0.29) is 0 Å². The molecule has 90 valence electrons. The van der Waals surface area contributed by atoms with Crippen molar-refractivity contribution in [2.45, 2.75) is 0 Å². The van der Waals surface area contributed by atoms with Gasteiger partial charge in [-0.3, -0.25) is 4.98 Å². The van der Waals surface area contributed by atoms with Crippen LogP contribution in [0.2, 0.25) is 0 Å². The molecule has 1 heterocycles. The number of ether oxygens (including phenoxy) is 1.